The number of anilines is 3. The maximum atomic E-state index is 12.0. The van der Waals surface area contributed by atoms with Gasteiger partial charge in [-0.05, 0) is 24.6 Å². The standard InChI is InChI=1S/C15H17Cl2N5O/c1-9-10(16)4-3-5-11(9)22-12(23)6-7-19-15-13(18-2)14(17)20-8-21-15/h3-5,8,18H,6-7H2,1-2H3,(H,22,23)(H,19,20,21). The molecule has 0 aliphatic heterocycles. The molecule has 8 heteroatoms. The fraction of sp³-hybridized carbons (Fsp3) is 0.267. The molecular formula is C15H17Cl2N5O. The van der Waals surface area contributed by atoms with Gasteiger partial charge in [0, 0.05) is 30.7 Å². The molecule has 6 nitrogen and oxygen atoms in total. The minimum atomic E-state index is -0.117. The molecule has 1 aromatic carbocycles. The molecule has 0 unspecified atom stereocenters. The first-order valence-electron chi connectivity index (χ1n) is 7.00. The number of hydrogen-bond donors (Lipinski definition) is 3. The van der Waals surface area contributed by atoms with Gasteiger partial charge in [-0.2, -0.15) is 0 Å². The van der Waals surface area contributed by atoms with E-state index in [9.17, 15) is 4.79 Å². The van der Waals surface area contributed by atoms with Gasteiger partial charge in [-0.1, -0.05) is 29.3 Å². The van der Waals surface area contributed by atoms with Crippen LogP contribution in [-0.4, -0.2) is 29.5 Å². The summed E-state index contributed by atoms with van der Waals surface area (Å²) in [7, 11) is 1.73. The summed E-state index contributed by atoms with van der Waals surface area (Å²) in [5, 5.41) is 9.77. The summed E-state index contributed by atoms with van der Waals surface area (Å²) in [6, 6.07) is 5.40. The molecule has 0 fully saturated rings. The second-order valence-electron chi connectivity index (χ2n) is 4.78. The van der Waals surface area contributed by atoms with Crippen LogP contribution < -0.4 is 16.0 Å². The van der Waals surface area contributed by atoms with Gasteiger partial charge in [0.25, 0.3) is 0 Å². The third-order valence-corrected chi connectivity index (χ3v) is 3.93. The smallest absolute Gasteiger partial charge is 0.226 e. The van der Waals surface area contributed by atoms with Crippen LogP contribution in [0, 0.1) is 6.92 Å². The van der Waals surface area contributed by atoms with E-state index in [4.69, 9.17) is 23.2 Å². The summed E-state index contributed by atoms with van der Waals surface area (Å²) in [5.74, 6) is 0.438. The Morgan fingerprint density at radius 1 is 1.26 bits per heavy atom. The van der Waals surface area contributed by atoms with Gasteiger partial charge in [-0.15, -0.1) is 0 Å². The maximum Gasteiger partial charge on any atom is 0.226 e. The summed E-state index contributed by atoms with van der Waals surface area (Å²) in [6.45, 7) is 2.27. The van der Waals surface area contributed by atoms with Crippen LogP contribution in [0.4, 0.5) is 17.2 Å². The minimum Gasteiger partial charge on any atom is -0.383 e. The Kier molecular flexibility index (Phi) is 6.01. The molecule has 1 heterocycles. The second-order valence-corrected chi connectivity index (χ2v) is 5.54. The maximum absolute atomic E-state index is 12.0. The molecule has 1 amide bonds. The molecule has 0 spiro atoms. The SMILES string of the molecule is CNc1c(Cl)ncnc1NCCC(=O)Nc1cccc(Cl)c1C. The number of carbonyl (C=O) groups excluding carboxylic acids is 1. The van der Waals surface area contributed by atoms with Crippen molar-refractivity contribution in [3.05, 3.63) is 40.3 Å². The van der Waals surface area contributed by atoms with Crippen LogP contribution in [0.15, 0.2) is 24.5 Å². The Morgan fingerprint density at radius 2 is 2.04 bits per heavy atom. The van der Waals surface area contributed by atoms with E-state index in [0.29, 0.717) is 33.9 Å². The number of halogens is 2. The Hall–Kier alpha value is -2.05. The lowest BCUT2D eigenvalue weighted by atomic mass is 10.2. The summed E-state index contributed by atoms with van der Waals surface area (Å²) in [6.07, 6.45) is 1.64. The van der Waals surface area contributed by atoms with Crippen molar-refractivity contribution in [2.45, 2.75) is 13.3 Å². The van der Waals surface area contributed by atoms with Crippen molar-refractivity contribution in [3.63, 3.8) is 0 Å². The van der Waals surface area contributed by atoms with E-state index in [1.165, 1.54) is 6.33 Å². The topological polar surface area (TPSA) is 78.9 Å². The number of rotatable bonds is 6. The Labute approximate surface area is 144 Å². The van der Waals surface area contributed by atoms with E-state index in [1.54, 1.807) is 19.2 Å². The van der Waals surface area contributed by atoms with Gasteiger partial charge in [0.2, 0.25) is 5.91 Å². The fourth-order valence-corrected chi connectivity index (χ4v) is 2.37. The molecule has 23 heavy (non-hydrogen) atoms. The summed E-state index contributed by atoms with van der Waals surface area (Å²) in [5.41, 5.74) is 2.15. The highest BCUT2D eigenvalue weighted by molar-refractivity contribution is 6.32. The van der Waals surface area contributed by atoms with Crippen molar-refractivity contribution in [1.29, 1.82) is 0 Å². The molecule has 0 aliphatic rings. The summed E-state index contributed by atoms with van der Waals surface area (Å²) < 4.78 is 0. The Balaban J connectivity index is 1.90. The van der Waals surface area contributed by atoms with Gasteiger partial charge in [0.15, 0.2) is 11.0 Å². The predicted octanol–water partition coefficient (Wildman–Crippen LogP) is 3.57. The lowest BCUT2D eigenvalue weighted by molar-refractivity contribution is -0.115. The zero-order valence-electron chi connectivity index (χ0n) is 12.8. The van der Waals surface area contributed by atoms with Crippen LogP contribution in [0.3, 0.4) is 0 Å². The predicted molar refractivity (Wildman–Crippen MR) is 94.5 cm³/mol. The van der Waals surface area contributed by atoms with Crippen LogP contribution in [-0.2, 0) is 4.79 Å². The monoisotopic (exact) mass is 353 g/mol. The van der Waals surface area contributed by atoms with E-state index in [-0.39, 0.29) is 12.3 Å². The molecular weight excluding hydrogens is 337 g/mol. The average molecular weight is 354 g/mol. The first kappa shape index (κ1) is 17.3. The minimum absolute atomic E-state index is 0.117. The van der Waals surface area contributed by atoms with Gasteiger partial charge in [0.1, 0.15) is 12.0 Å². The molecule has 1 aromatic heterocycles. The van der Waals surface area contributed by atoms with E-state index < -0.39 is 0 Å². The Bertz CT molecular complexity index is 708. The van der Waals surface area contributed by atoms with Crippen molar-refractivity contribution in [1.82, 2.24) is 9.97 Å². The van der Waals surface area contributed by atoms with Crippen molar-refractivity contribution < 1.29 is 4.79 Å². The van der Waals surface area contributed by atoms with Crippen molar-refractivity contribution >= 4 is 46.3 Å². The van der Waals surface area contributed by atoms with Crippen LogP contribution in [0.2, 0.25) is 10.2 Å². The largest absolute Gasteiger partial charge is 0.383 e. The van der Waals surface area contributed by atoms with Gasteiger partial charge < -0.3 is 16.0 Å². The number of hydrogen-bond acceptors (Lipinski definition) is 5. The van der Waals surface area contributed by atoms with Gasteiger partial charge >= 0.3 is 0 Å². The number of nitrogens with zero attached hydrogens (tertiary/aromatic N) is 2. The van der Waals surface area contributed by atoms with Crippen LogP contribution in [0.1, 0.15) is 12.0 Å². The Morgan fingerprint density at radius 3 is 2.78 bits per heavy atom. The molecule has 2 rings (SSSR count). The molecule has 3 N–H and O–H groups in total. The third kappa shape index (κ3) is 4.46. The van der Waals surface area contributed by atoms with Crippen molar-refractivity contribution in [2.24, 2.45) is 0 Å². The number of carbonyl (C=O) groups is 1. The number of nitrogens with one attached hydrogen (secondary N) is 3. The molecule has 0 aliphatic carbocycles. The molecule has 2 aromatic rings. The molecule has 0 saturated carbocycles. The number of benzene rings is 1. The van der Waals surface area contributed by atoms with E-state index in [0.717, 1.165) is 5.56 Å². The number of amides is 1. The quantitative estimate of drug-likeness (QED) is 0.691. The highest BCUT2D eigenvalue weighted by atomic mass is 35.5. The van der Waals surface area contributed by atoms with E-state index >= 15 is 0 Å². The first-order valence-corrected chi connectivity index (χ1v) is 7.75. The molecule has 0 bridgehead atoms. The molecule has 0 saturated heterocycles. The highest BCUT2D eigenvalue weighted by Gasteiger charge is 2.10. The zero-order chi connectivity index (χ0) is 16.8. The van der Waals surface area contributed by atoms with Crippen LogP contribution >= 0.6 is 23.2 Å². The third-order valence-electron chi connectivity index (χ3n) is 3.24. The molecule has 0 radical (unpaired) electrons. The average Bonchev–Trinajstić information content (AvgIpc) is 2.52. The van der Waals surface area contributed by atoms with Crippen LogP contribution in [0.5, 0.6) is 0 Å². The lowest BCUT2D eigenvalue weighted by Gasteiger charge is -2.12. The van der Waals surface area contributed by atoms with E-state index in [2.05, 4.69) is 25.9 Å². The fourth-order valence-electron chi connectivity index (χ4n) is 1.97. The van der Waals surface area contributed by atoms with Crippen LogP contribution in [0.25, 0.3) is 0 Å². The summed E-state index contributed by atoms with van der Waals surface area (Å²) in [4.78, 5) is 20.0. The van der Waals surface area contributed by atoms with Crippen molar-refractivity contribution in [2.75, 3.05) is 29.5 Å². The highest BCUT2D eigenvalue weighted by Crippen LogP contribution is 2.25. The van der Waals surface area contributed by atoms with E-state index in [1.807, 2.05) is 13.0 Å². The second kappa shape index (κ2) is 7.99. The lowest BCUT2D eigenvalue weighted by Crippen LogP contribution is -2.17. The molecule has 0 atom stereocenters. The van der Waals surface area contributed by atoms with Gasteiger partial charge in [0.05, 0.1) is 0 Å². The van der Waals surface area contributed by atoms with Gasteiger partial charge in [-0.25, -0.2) is 9.97 Å². The first-order chi connectivity index (χ1) is 11.0. The normalized spacial score (nSPS) is 10.3. The van der Waals surface area contributed by atoms with Gasteiger partial charge in [-0.3, -0.25) is 4.79 Å². The zero-order valence-corrected chi connectivity index (χ0v) is 14.3. The molecule has 122 valence electrons. The summed E-state index contributed by atoms with van der Waals surface area (Å²) >= 11 is 12.0. The number of aromatic nitrogens is 2. The van der Waals surface area contributed by atoms with Crippen molar-refractivity contribution in [3.8, 4) is 0 Å².